The molecule has 0 heterocycles. The van der Waals surface area contributed by atoms with E-state index < -0.39 is 28.5 Å². The van der Waals surface area contributed by atoms with Gasteiger partial charge in [-0.2, -0.15) is 0 Å². The minimum absolute atomic E-state index is 0.0385. The van der Waals surface area contributed by atoms with Crippen molar-refractivity contribution in [1.29, 1.82) is 0 Å². The van der Waals surface area contributed by atoms with Crippen molar-refractivity contribution in [2.24, 2.45) is 0 Å². The molecule has 236 valence electrons. The van der Waals surface area contributed by atoms with Crippen LogP contribution in [0.5, 0.6) is 11.5 Å². The molecule has 0 saturated heterocycles. The SMILES string of the molecule is CCOc1ccccc1N(CC(=O)N(Cc1cccc(OC)c1)C(C)C(=O)NC1CCCCC1)S(=O)(=O)c1ccc(Cl)cc1. The van der Waals surface area contributed by atoms with E-state index in [9.17, 15) is 18.0 Å². The van der Waals surface area contributed by atoms with Gasteiger partial charge in [0.05, 0.1) is 24.3 Å². The summed E-state index contributed by atoms with van der Waals surface area (Å²) < 4.78 is 40.4. The molecule has 1 saturated carbocycles. The second-order valence-electron chi connectivity index (χ2n) is 10.8. The lowest BCUT2D eigenvalue weighted by Crippen LogP contribution is -2.53. The van der Waals surface area contributed by atoms with Crippen LogP contribution in [0.3, 0.4) is 0 Å². The number of sulfonamides is 1. The molecule has 1 aliphatic rings. The van der Waals surface area contributed by atoms with Crippen LogP contribution in [0.1, 0.15) is 51.5 Å². The molecule has 3 aromatic carbocycles. The zero-order chi connectivity index (χ0) is 31.7. The van der Waals surface area contributed by atoms with Crippen molar-refractivity contribution in [3.63, 3.8) is 0 Å². The fourth-order valence-corrected chi connectivity index (χ4v) is 6.86. The first-order chi connectivity index (χ1) is 21.1. The Bertz CT molecular complexity index is 1530. The number of rotatable bonds is 13. The van der Waals surface area contributed by atoms with Gasteiger partial charge in [-0.3, -0.25) is 13.9 Å². The van der Waals surface area contributed by atoms with Gasteiger partial charge >= 0.3 is 0 Å². The van der Waals surface area contributed by atoms with E-state index in [-0.39, 0.29) is 29.1 Å². The average molecular weight is 642 g/mol. The van der Waals surface area contributed by atoms with E-state index in [4.69, 9.17) is 21.1 Å². The molecule has 0 radical (unpaired) electrons. The lowest BCUT2D eigenvalue weighted by Gasteiger charge is -2.33. The first-order valence-corrected chi connectivity index (χ1v) is 16.7. The average Bonchev–Trinajstić information content (AvgIpc) is 3.03. The van der Waals surface area contributed by atoms with Crippen LogP contribution in [0.4, 0.5) is 5.69 Å². The van der Waals surface area contributed by atoms with Gasteiger partial charge in [-0.1, -0.05) is 55.1 Å². The number of hydrogen-bond donors (Lipinski definition) is 1. The lowest BCUT2D eigenvalue weighted by molar-refractivity contribution is -0.139. The van der Waals surface area contributed by atoms with Crippen LogP contribution in [0, 0.1) is 0 Å². The van der Waals surface area contributed by atoms with Crippen molar-refractivity contribution in [2.75, 3.05) is 24.6 Å². The maximum Gasteiger partial charge on any atom is 0.264 e. The van der Waals surface area contributed by atoms with Crippen LogP contribution in [0.15, 0.2) is 77.7 Å². The maximum absolute atomic E-state index is 14.3. The van der Waals surface area contributed by atoms with E-state index in [1.54, 1.807) is 63.4 Å². The van der Waals surface area contributed by atoms with Gasteiger partial charge in [0, 0.05) is 17.6 Å². The number of hydrogen-bond acceptors (Lipinski definition) is 6. The Hall–Kier alpha value is -3.76. The summed E-state index contributed by atoms with van der Waals surface area (Å²) in [5, 5.41) is 3.49. The Kier molecular flexibility index (Phi) is 11.5. The molecule has 9 nitrogen and oxygen atoms in total. The molecule has 0 spiro atoms. The van der Waals surface area contributed by atoms with Crippen LogP contribution in [0.2, 0.25) is 5.02 Å². The van der Waals surface area contributed by atoms with Crippen molar-refractivity contribution in [1.82, 2.24) is 10.2 Å². The Morgan fingerprint density at radius 2 is 1.70 bits per heavy atom. The van der Waals surface area contributed by atoms with Crippen LogP contribution in [0.25, 0.3) is 0 Å². The molecule has 3 aromatic rings. The third-order valence-corrected chi connectivity index (χ3v) is 9.75. The summed E-state index contributed by atoms with van der Waals surface area (Å²) in [6.45, 7) is 3.25. The molecule has 1 atom stereocenters. The molecular weight excluding hydrogens is 602 g/mol. The molecule has 44 heavy (non-hydrogen) atoms. The quantitative estimate of drug-likeness (QED) is 0.253. The summed E-state index contributed by atoms with van der Waals surface area (Å²) >= 11 is 6.05. The summed E-state index contributed by atoms with van der Waals surface area (Å²) in [4.78, 5) is 29.2. The van der Waals surface area contributed by atoms with E-state index in [2.05, 4.69) is 5.32 Å². The van der Waals surface area contributed by atoms with Crippen molar-refractivity contribution in [3.05, 3.63) is 83.4 Å². The highest BCUT2D eigenvalue weighted by atomic mass is 35.5. The number of anilines is 1. The Balaban J connectivity index is 1.72. The summed E-state index contributed by atoms with van der Waals surface area (Å²) in [5.74, 6) is 0.0764. The summed E-state index contributed by atoms with van der Waals surface area (Å²) in [6.07, 6.45) is 5.02. The van der Waals surface area contributed by atoms with Gasteiger partial charge in [0.1, 0.15) is 24.1 Å². The van der Waals surface area contributed by atoms with E-state index in [0.29, 0.717) is 23.1 Å². The monoisotopic (exact) mass is 641 g/mol. The highest BCUT2D eigenvalue weighted by Crippen LogP contribution is 2.33. The van der Waals surface area contributed by atoms with E-state index >= 15 is 0 Å². The van der Waals surface area contributed by atoms with Gasteiger partial charge in [-0.05, 0) is 80.8 Å². The second-order valence-corrected chi connectivity index (χ2v) is 13.1. The predicted octanol–water partition coefficient (Wildman–Crippen LogP) is 5.81. The highest BCUT2D eigenvalue weighted by molar-refractivity contribution is 7.92. The molecule has 1 unspecified atom stereocenters. The third-order valence-electron chi connectivity index (χ3n) is 7.72. The number of carbonyl (C=O) groups is 2. The molecule has 1 fully saturated rings. The molecule has 0 aromatic heterocycles. The maximum atomic E-state index is 14.3. The first-order valence-electron chi connectivity index (χ1n) is 14.9. The molecule has 11 heteroatoms. The number of para-hydroxylation sites is 2. The summed E-state index contributed by atoms with van der Waals surface area (Å²) in [6, 6.07) is 18.8. The van der Waals surface area contributed by atoms with Gasteiger partial charge in [0.15, 0.2) is 0 Å². The number of nitrogens with one attached hydrogen (secondary N) is 1. The molecule has 2 amide bonds. The van der Waals surface area contributed by atoms with Crippen molar-refractivity contribution < 1.29 is 27.5 Å². The third kappa shape index (κ3) is 8.24. The van der Waals surface area contributed by atoms with Crippen LogP contribution >= 0.6 is 11.6 Å². The molecule has 0 aliphatic heterocycles. The predicted molar refractivity (Wildman–Crippen MR) is 172 cm³/mol. The van der Waals surface area contributed by atoms with Crippen LogP contribution in [-0.4, -0.2) is 57.5 Å². The topological polar surface area (TPSA) is 105 Å². The van der Waals surface area contributed by atoms with E-state index in [1.165, 1.54) is 29.2 Å². The minimum atomic E-state index is -4.27. The van der Waals surface area contributed by atoms with Gasteiger partial charge < -0.3 is 19.7 Å². The largest absolute Gasteiger partial charge is 0.497 e. The Morgan fingerprint density at radius 3 is 2.39 bits per heavy atom. The van der Waals surface area contributed by atoms with Gasteiger partial charge in [-0.15, -0.1) is 0 Å². The summed E-state index contributed by atoms with van der Waals surface area (Å²) in [7, 11) is -2.71. The standard InChI is InChI=1S/C33H40ClN3O6S/c1-4-43-31-16-9-8-15-30(31)37(44(40,41)29-19-17-26(34)18-20-29)23-32(38)36(22-25-11-10-14-28(21-25)42-3)24(2)33(39)35-27-12-6-5-7-13-27/h8-11,14-21,24,27H,4-7,12-13,22-23H2,1-3H3,(H,35,39). The fourth-order valence-electron chi connectivity index (χ4n) is 5.31. The molecule has 1 aliphatic carbocycles. The Labute approximate surface area is 265 Å². The van der Waals surface area contributed by atoms with Gasteiger partial charge in [0.25, 0.3) is 10.0 Å². The number of benzene rings is 3. The van der Waals surface area contributed by atoms with Crippen LogP contribution in [-0.2, 0) is 26.2 Å². The normalized spacial score (nSPS) is 14.4. The minimum Gasteiger partial charge on any atom is -0.497 e. The highest BCUT2D eigenvalue weighted by Gasteiger charge is 2.34. The lowest BCUT2D eigenvalue weighted by atomic mass is 9.95. The number of halogens is 1. The van der Waals surface area contributed by atoms with Crippen LogP contribution < -0.4 is 19.1 Å². The molecular formula is C33H40ClN3O6S. The van der Waals surface area contributed by atoms with Crippen molar-refractivity contribution >= 4 is 39.1 Å². The zero-order valence-corrected chi connectivity index (χ0v) is 26.9. The zero-order valence-electron chi connectivity index (χ0n) is 25.4. The summed E-state index contributed by atoms with van der Waals surface area (Å²) in [5.41, 5.74) is 0.940. The number of carbonyl (C=O) groups excluding carboxylic acids is 2. The molecule has 4 rings (SSSR count). The number of methoxy groups -OCH3 is 1. The molecule has 1 N–H and O–H groups in total. The van der Waals surface area contributed by atoms with Crippen molar-refractivity contribution in [2.45, 2.75) is 69.5 Å². The van der Waals surface area contributed by atoms with Gasteiger partial charge in [-0.25, -0.2) is 8.42 Å². The number of amides is 2. The number of ether oxygens (including phenoxy) is 2. The van der Waals surface area contributed by atoms with E-state index in [0.717, 1.165) is 42.0 Å². The second kappa shape index (κ2) is 15.3. The molecule has 0 bridgehead atoms. The van der Waals surface area contributed by atoms with E-state index in [1.807, 2.05) is 6.07 Å². The Morgan fingerprint density at radius 1 is 1.00 bits per heavy atom. The first kappa shape index (κ1) is 33.1. The number of nitrogens with zero attached hydrogens (tertiary/aromatic N) is 2. The van der Waals surface area contributed by atoms with Gasteiger partial charge in [0.2, 0.25) is 11.8 Å². The van der Waals surface area contributed by atoms with Crippen molar-refractivity contribution in [3.8, 4) is 11.5 Å². The smallest absolute Gasteiger partial charge is 0.264 e. The fraction of sp³-hybridized carbons (Fsp3) is 0.394.